The van der Waals surface area contributed by atoms with Gasteiger partial charge in [-0.2, -0.15) is 0 Å². The number of rotatable bonds is 8. The fourth-order valence-corrected chi connectivity index (χ4v) is 2.89. The first-order valence-electron chi connectivity index (χ1n) is 7.85. The molecule has 20 heavy (non-hydrogen) atoms. The monoisotopic (exact) mass is 277 g/mol. The van der Waals surface area contributed by atoms with Crippen molar-refractivity contribution in [2.75, 3.05) is 19.7 Å². The molecule has 0 spiro atoms. The lowest BCUT2D eigenvalue weighted by Crippen LogP contribution is -2.25. The van der Waals surface area contributed by atoms with Gasteiger partial charge in [-0.05, 0) is 50.1 Å². The zero-order valence-corrected chi connectivity index (χ0v) is 12.3. The second kappa shape index (κ2) is 9.11. The van der Waals surface area contributed by atoms with Crippen LogP contribution in [0.1, 0.15) is 37.7 Å². The van der Waals surface area contributed by atoms with E-state index in [9.17, 15) is 0 Å². The maximum Gasteiger partial charge on any atom is 0.0720 e. The van der Waals surface area contributed by atoms with E-state index in [1.54, 1.807) is 0 Å². The van der Waals surface area contributed by atoms with Crippen molar-refractivity contribution in [2.24, 2.45) is 5.92 Å². The summed E-state index contributed by atoms with van der Waals surface area (Å²) in [6, 6.07) is 10.4. The van der Waals surface area contributed by atoms with E-state index in [0.29, 0.717) is 6.10 Å². The predicted molar refractivity (Wildman–Crippen MR) is 81.5 cm³/mol. The van der Waals surface area contributed by atoms with Crippen LogP contribution in [0.5, 0.6) is 0 Å². The van der Waals surface area contributed by atoms with Gasteiger partial charge in [0.2, 0.25) is 0 Å². The Labute approximate surface area is 122 Å². The summed E-state index contributed by atoms with van der Waals surface area (Å²) in [7, 11) is 0. The van der Waals surface area contributed by atoms with E-state index in [4.69, 9.17) is 9.84 Å². The molecule has 1 saturated carbocycles. The highest BCUT2D eigenvalue weighted by Crippen LogP contribution is 2.28. The molecule has 0 unspecified atom stereocenters. The average molecular weight is 277 g/mol. The van der Waals surface area contributed by atoms with Crippen molar-refractivity contribution in [3.05, 3.63) is 35.9 Å². The molecule has 0 bridgehead atoms. The van der Waals surface area contributed by atoms with Crippen LogP contribution in [0.15, 0.2) is 30.3 Å². The Balaban J connectivity index is 1.57. The molecule has 112 valence electrons. The Hall–Kier alpha value is -0.900. The summed E-state index contributed by atoms with van der Waals surface area (Å²) < 4.78 is 6.01. The Morgan fingerprint density at radius 1 is 1.05 bits per heavy atom. The molecule has 0 aromatic heterocycles. The lowest BCUT2D eigenvalue weighted by Gasteiger charge is -2.28. The molecule has 0 heterocycles. The molecule has 0 amide bonds. The molecule has 3 nitrogen and oxygen atoms in total. The van der Waals surface area contributed by atoms with Gasteiger partial charge in [0.25, 0.3) is 0 Å². The van der Waals surface area contributed by atoms with Crippen LogP contribution in [-0.4, -0.2) is 30.9 Å². The van der Waals surface area contributed by atoms with Gasteiger partial charge in [-0.1, -0.05) is 30.3 Å². The first kappa shape index (κ1) is 15.5. The summed E-state index contributed by atoms with van der Waals surface area (Å²) in [5.74, 6) is 0.831. The van der Waals surface area contributed by atoms with E-state index in [-0.39, 0.29) is 6.61 Å². The number of ether oxygens (including phenoxy) is 1. The first-order valence-corrected chi connectivity index (χ1v) is 7.85. The summed E-state index contributed by atoms with van der Waals surface area (Å²) in [6.07, 6.45) is 6.61. The summed E-state index contributed by atoms with van der Waals surface area (Å²) >= 11 is 0. The maximum absolute atomic E-state index is 8.71. The normalized spacial score (nSPS) is 22.9. The van der Waals surface area contributed by atoms with E-state index in [1.165, 1.54) is 37.7 Å². The molecule has 1 fully saturated rings. The van der Waals surface area contributed by atoms with Gasteiger partial charge in [0.15, 0.2) is 0 Å². The van der Waals surface area contributed by atoms with Crippen LogP contribution in [0.25, 0.3) is 0 Å². The van der Waals surface area contributed by atoms with Crippen LogP contribution in [0, 0.1) is 5.92 Å². The summed E-state index contributed by atoms with van der Waals surface area (Å²) in [6.45, 7) is 2.73. The second-order valence-electron chi connectivity index (χ2n) is 5.70. The second-order valence-corrected chi connectivity index (χ2v) is 5.70. The first-order chi connectivity index (χ1) is 9.88. The third kappa shape index (κ3) is 5.61. The van der Waals surface area contributed by atoms with Crippen molar-refractivity contribution in [3.8, 4) is 0 Å². The smallest absolute Gasteiger partial charge is 0.0720 e. The van der Waals surface area contributed by atoms with Gasteiger partial charge in [0, 0.05) is 6.54 Å². The minimum Gasteiger partial charge on any atom is -0.395 e. The van der Waals surface area contributed by atoms with Crippen molar-refractivity contribution in [3.63, 3.8) is 0 Å². The van der Waals surface area contributed by atoms with Gasteiger partial charge in [0.05, 0.1) is 19.3 Å². The third-order valence-corrected chi connectivity index (χ3v) is 4.14. The topological polar surface area (TPSA) is 41.5 Å². The zero-order valence-electron chi connectivity index (χ0n) is 12.3. The van der Waals surface area contributed by atoms with E-state index in [2.05, 4.69) is 29.6 Å². The molecule has 1 aromatic rings. The highest BCUT2D eigenvalue weighted by molar-refractivity contribution is 5.13. The number of aliphatic hydroxyl groups excluding tert-OH is 1. The molecule has 0 saturated heterocycles. The third-order valence-electron chi connectivity index (χ3n) is 4.14. The number of nitrogens with one attached hydrogen (secondary N) is 1. The molecule has 0 radical (unpaired) electrons. The summed E-state index contributed by atoms with van der Waals surface area (Å²) in [5, 5.41) is 12.0. The molecular formula is C17H27NO2. The van der Waals surface area contributed by atoms with E-state index < -0.39 is 0 Å². The van der Waals surface area contributed by atoms with Crippen LogP contribution < -0.4 is 5.32 Å². The number of hydrogen-bond donors (Lipinski definition) is 2. The SMILES string of the molecule is OCCNCCC1CCC(OCc2ccccc2)CC1. The largest absolute Gasteiger partial charge is 0.395 e. The van der Waals surface area contributed by atoms with Crippen LogP contribution in [0.2, 0.25) is 0 Å². The summed E-state index contributed by atoms with van der Waals surface area (Å²) in [5.41, 5.74) is 1.27. The molecule has 1 aromatic carbocycles. The Kier molecular flexibility index (Phi) is 7.06. The Morgan fingerprint density at radius 2 is 1.80 bits per heavy atom. The van der Waals surface area contributed by atoms with Crippen molar-refractivity contribution >= 4 is 0 Å². The molecule has 3 heteroatoms. The lowest BCUT2D eigenvalue weighted by atomic mass is 9.85. The summed E-state index contributed by atoms with van der Waals surface area (Å²) in [4.78, 5) is 0. The van der Waals surface area contributed by atoms with Crippen LogP contribution in [-0.2, 0) is 11.3 Å². The fraction of sp³-hybridized carbons (Fsp3) is 0.647. The van der Waals surface area contributed by atoms with Gasteiger partial charge in [-0.25, -0.2) is 0 Å². The van der Waals surface area contributed by atoms with Gasteiger partial charge in [0.1, 0.15) is 0 Å². The van der Waals surface area contributed by atoms with Gasteiger partial charge in [-0.15, -0.1) is 0 Å². The molecule has 0 aliphatic heterocycles. The molecule has 2 N–H and O–H groups in total. The van der Waals surface area contributed by atoms with Crippen molar-refractivity contribution in [2.45, 2.75) is 44.8 Å². The fourth-order valence-electron chi connectivity index (χ4n) is 2.89. The zero-order chi connectivity index (χ0) is 14.0. The van der Waals surface area contributed by atoms with E-state index >= 15 is 0 Å². The van der Waals surface area contributed by atoms with Crippen molar-refractivity contribution in [1.82, 2.24) is 5.32 Å². The standard InChI is InChI=1S/C17H27NO2/c19-13-12-18-11-10-15-6-8-17(9-7-15)20-14-16-4-2-1-3-5-16/h1-5,15,17-19H,6-14H2. The average Bonchev–Trinajstić information content (AvgIpc) is 2.52. The molecule has 2 rings (SSSR count). The van der Waals surface area contributed by atoms with Crippen LogP contribution >= 0.6 is 0 Å². The van der Waals surface area contributed by atoms with Crippen LogP contribution in [0.3, 0.4) is 0 Å². The van der Waals surface area contributed by atoms with Crippen molar-refractivity contribution < 1.29 is 9.84 Å². The minimum atomic E-state index is 0.236. The molecule has 0 atom stereocenters. The molecular weight excluding hydrogens is 250 g/mol. The quantitative estimate of drug-likeness (QED) is 0.718. The van der Waals surface area contributed by atoms with E-state index in [1.807, 2.05) is 6.07 Å². The number of aliphatic hydroxyl groups is 1. The molecule has 1 aliphatic rings. The lowest BCUT2D eigenvalue weighted by molar-refractivity contribution is 0.00641. The van der Waals surface area contributed by atoms with Gasteiger partial charge >= 0.3 is 0 Å². The highest BCUT2D eigenvalue weighted by Gasteiger charge is 2.21. The van der Waals surface area contributed by atoms with Crippen molar-refractivity contribution in [1.29, 1.82) is 0 Å². The minimum absolute atomic E-state index is 0.236. The Morgan fingerprint density at radius 3 is 2.50 bits per heavy atom. The van der Waals surface area contributed by atoms with Gasteiger partial charge < -0.3 is 15.2 Å². The van der Waals surface area contributed by atoms with E-state index in [0.717, 1.165) is 25.6 Å². The molecule has 1 aliphatic carbocycles. The van der Waals surface area contributed by atoms with Crippen LogP contribution in [0.4, 0.5) is 0 Å². The maximum atomic E-state index is 8.71. The highest BCUT2D eigenvalue weighted by atomic mass is 16.5. The van der Waals surface area contributed by atoms with Gasteiger partial charge in [-0.3, -0.25) is 0 Å². The predicted octanol–water partition coefficient (Wildman–Crippen LogP) is 2.73. The number of benzene rings is 1. The number of hydrogen-bond acceptors (Lipinski definition) is 3. The Bertz CT molecular complexity index is 347.